The van der Waals surface area contributed by atoms with E-state index in [1.165, 1.54) is 6.42 Å². The van der Waals surface area contributed by atoms with E-state index in [2.05, 4.69) is 19.0 Å². The molecule has 0 radical (unpaired) electrons. The van der Waals surface area contributed by atoms with Crippen LogP contribution < -0.4 is 0 Å². The fourth-order valence-electron chi connectivity index (χ4n) is 3.16. The van der Waals surface area contributed by atoms with Crippen molar-refractivity contribution in [3.05, 3.63) is 0 Å². The number of carbonyl (C=O) groups excluding carboxylic acids is 1. The number of carboxylic acid groups (broad SMARTS) is 1. The Morgan fingerprint density at radius 2 is 1.67 bits per heavy atom. The molecule has 0 spiro atoms. The number of carboxylic acids is 1. The van der Waals surface area contributed by atoms with Crippen molar-refractivity contribution in [1.82, 2.24) is 9.80 Å². The van der Waals surface area contributed by atoms with E-state index in [0.29, 0.717) is 19.4 Å². The molecule has 0 heterocycles. The van der Waals surface area contributed by atoms with Crippen LogP contribution >= 0.6 is 0 Å². The number of aliphatic carboxylic acids is 1. The van der Waals surface area contributed by atoms with Crippen molar-refractivity contribution >= 4 is 11.9 Å². The summed E-state index contributed by atoms with van der Waals surface area (Å²) in [6.07, 6.45) is 4.46. The predicted octanol–water partition coefficient (Wildman–Crippen LogP) is 2.21. The van der Waals surface area contributed by atoms with Crippen LogP contribution in [-0.2, 0) is 9.59 Å². The smallest absolute Gasteiger partial charge is 0.310 e. The van der Waals surface area contributed by atoms with Gasteiger partial charge in [-0.15, -0.1) is 0 Å². The van der Waals surface area contributed by atoms with Gasteiger partial charge < -0.3 is 14.9 Å². The first-order chi connectivity index (χ1) is 9.73. The van der Waals surface area contributed by atoms with E-state index in [1.54, 1.807) is 11.9 Å². The highest BCUT2D eigenvalue weighted by atomic mass is 16.4. The van der Waals surface area contributed by atoms with Crippen molar-refractivity contribution in [2.45, 2.75) is 57.9 Å². The highest BCUT2D eigenvalue weighted by Gasteiger charge is 2.42. The second-order valence-corrected chi connectivity index (χ2v) is 6.69. The molecule has 1 saturated carbocycles. The van der Waals surface area contributed by atoms with Gasteiger partial charge in [-0.2, -0.15) is 0 Å². The van der Waals surface area contributed by atoms with Gasteiger partial charge >= 0.3 is 5.97 Å². The Morgan fingerprint density at radius 3 is 1.95 bits per heavy atom. The predicted molar refractivity (Wildman–Crippen MR) is 83.2 cm³/mol. The summed E-state index contributed by atoms with van der Waals surface area (Å²) in [7, 11) is 5.90. The lowest BCUT2D eigenvalue weighted by molar-refractivity contribution is -0.154. The Kier molecular flexibility index (Phi) is 5.79. The molecule has 0 aromatic rings. The Bertz CT molecular complexity index is 385. The van der Waals surface area contributed by atoms with E-state index < -0.39 is 11.4 Å². The van der Waals surface area contributed by atoms with Crippen molar-refractivity contribution in [3.8, 4) is 0 Å². The summed E-state index contributed by atoms with van der Waals surface area (Å²) in [5.74, 6) is -0.922. The molecule has 1 amide bonds. The zero-order valence-corrected chi connectivity index (χ0v) is 14.1. The lowest BCUT2D eigenvalue weighted by Gasteiger charge is -2.49. The number of nitrogens with zero attached hydrogens (tertiary/aromatic N) is 2. The molecule has 0 aromatic carbocycles. The maximum Gasteiger partial charge on any atom is 0.310 e. The minimum Gasteiger partial charge on any atom is -0.481 e. The van der Waals surface area contributed by atoms with E-state index in [4.69, 9.17) is 0 Å². The highest BCUT2D eigenvalue weighted by molar-refractivity contribution is 5.84. The van der Waals surface area contributed by atoms with E-state index >= 15 is 0 Å². The molecule has 1 fully saturated rings. The van der Waals surface area contributed by atoms with Crippen LogP contribution in [0.5, 0.6) is 0 Å². The number of amides is 1. The van der Waals surface area contributed by atoms with E-state index in [0.717, 1.165) is 12.8 Å². The normalized spacial score (nSPS) is 17.4. The van der Waals surface area contributed by atoms with Gasteiger partial charge in [0, 0.05) is 25.6 Å². The zero-order valence-electron chi connectivity index (χ0n) is 14.1. The quantitative estimate of drug-likeness (QED) is 0.746. The van der Waals surface area contributed by atoms with Crippen molar-refractivity contribution in [2.24, 2.45) is 5.41 Å². The summed E-state index contributed by atoms with van der Waals surface area (Å²) in [5, 5.41) is 9.45. The maximum absolute atomic E-state index is 12.5. The molecule has 1 aliphatic carbocycles. The third-order valence-corrected chi connectivity index (χ3v) is 5.49. The van der Waals surface area contributed by atoms with Gasteiger partial charge in [-0.1, -0.05) is 13.8 Å². The van der Waals surface area contributed by atoms with Crippen LogP contribution in [-0.4, -0.2) is 60.0 Å². The summed E-state index contributed by atoms with van der Waals surface area (Å²) in [6, 6.07) is 0. The Balaban J connectivity index is 2.72. The van der Waals surface area contributed by atoms with Crippen LogP contribution in [0, 0.1) is 5.41 Å². The molecule has 0 unspecified atom stereocenters. The summed E-state index contributed by atoms with van der Waals surface area (Å²) >= 11 is 0. The fourth-order valence-corrected chi connectivity index (χ4v) is 3.16. The van der Waals surface area contributed by atoms with Crippen molar-refractivity contribution in [2.75, 3.05) is 27.7 Å². The average molecular weight is 298 g/mol. The summed E-state index contributed by atoms with van der Waals surface area (Å²) in [4.78, 5) is 27.9. The molecule has 1 rings (SSSR count). The third kappa shape index (κ3) is 3.57. The SMILES string of the molecule is CCC(CC)(CC(=O)N(C)CC1(N(C)C)CCC1)C(=O)O. The minimum absolute atomic E-state index is 0.0609. The minimum atomic E-state index is -0.920. The number of hydrogen-bond donors (Lipinski definition) is 1. The summed E-state index contributed by atoms with van der Waals surface area (Å²) < 4.78 is 0. The van der Waals surface area contributed by atoms with Gasteiger partial charge in [-0.05, 0) is 46.2 Å². The van der Waals surface area contributed by atoms with Gasteiger partial charge in [0.25, 0.3) is 0 Å². The lowest BCUT2D eigenvalue weighted by atomic mass is 9.75. The molecule has 122 valence electrons. The molecule has 0 atom stereocenters. The standard InChI is InChI=1S/C16H30N2O3/c1-6-15(7-2,14(20)21)11-13(19)18(5)12-16(17(3)4)9-8-10-16/h6-12H2,1-5H3,(H,20,21). The third-order valence-electron chi connectivity index (χ3n) is 5.49. The Labute approximate surface area is 128 Å². The molecule has 0 bridgehead atoms. The van der Waals surface area contributed by atoms with Crippen LogP contribution in [0.4, 0.5) is 0 Å². The van der Waals surface area contributed by atoms with Crippen molar-refractivity contribution in [3.63, 3.8) is 0 Å². The highest BCUT2D eigenvalue weighted by Crippen LogP contribution is 2.37. The largest absolute Gasteiger partial charge is 0.481 e. The van der Waals surface area contributed by atoms with Crippen LogP contribution in [0.2, 0.25) is 0 Å². The number of likely N-dealkylation sites (N-methyl/N-ethyl adjacent to an activating group) is 2. The first-order valence-electron chi connectivity index (χ1n) is 7.88. The van der Waals surface area contributed by atoms with Crippen LogP contribution in [0.3, 0.4) is 0 Å². The van der Waals surface area contributed by atoms with Crippen LogP contribution in [0.25, 0.3) is 0 Å². The summed E-state index contributed by atoms with van der Waals surface area (Å²) in [5.41, 5.74) is -0.842. The Hall–Kier alpha value is -1.10. The molecule has 5 nitrogen and oxygen atoms in total. The number of rotatable bonds is 8. The average Bonchev–Trinajstić information content (AvgIpc) is 2.38. The van der Waals surface area contributed by atoms with Gasteiger partial charge in [-0.3, -0.25) is 9.59 Å². The molecule has 1 N–H and O–H groups in total. The zero-order chi connectivity index (χ0) is 16.3. The molecule has 21 heavy (non-hydrogen) atoms. The second kappa shape index (κ2) is 6.77. The van der Waals surface area contributed by atoms with E-state index in [-0.39, 0.29) is 17.9 Å². The van der Waals surface area contributed by atoms with Gasteiger partial charge in [0.05, 0.1) is 5.41 Å². The molecule has 0 saturated heterocycles. The second-order valence-electron chi connectivity index (χ2n) is 6.69. The van der Waals surface area contributed by atoms with Gasteiger partial charge in [0.1, 0.15) is 0 Å². The van der Waals surface area contributed by atoms with Crippen LogP contribution in [0.15, 0.2) is 0 Å². The maximum atomic E-state index is 12.5. The van der Waals surface area contributed by atoms with Gasteiger partial charge in [-0.25, -0.2) is 0 Å². The first kappa shape index (κ1) is 18.0. The molecular weight excluding hydrogens is 268 g/mol. The topological polar surface area (TPSA) is 60.9 Å². The first-order valence-corrected chi connectivity index (χ1v) is 7.88. The number of carbonyl (C=O) groups is 2. The molecule has 5 heteroatoms. The van der Waals surface area contributed by atoms with E-state index in [1.807, 2.05) is 13.8 Å². The van der Waals surface area contributed by atoms with E-state index in [9.17, 15) is 14.7 Å². The number of hydrogen-bond acceptors (Lipinski definition) is 3. The van der Waals surface area contributed by atoms with Crippen LogP contribution in [0.1, 0.15) is 52.4 Å². The van der Waals surface area contributed by atoms with Gasteiger partial charge in [0.2, 0.25) is 5.91 Å². The molecule has 0 aromatic heterocycles. The fraction of sp³-hybridized carbons (Fsp3) is 0.875. The molecule has 1 aliphatic rings. The van der Waals surface area contributed by atoms with Crippen molar-refractivity contribution < 1.29 is 14.7 Å². The van der Waals surface area contributed by atoms with Gasteiger partial charge in [0.15, 0.2) is 0 Å². The Morgan fingerprint density at radius 1 is 1.14 bits per heavy atom. The molecular formula is C16H30N2O3. The molecule has 0 aliphatic heterocycles. The van der Waals surface area contributed by atoms with Crippen molar-refractivity contribution in [1.29, 1.82) is 0 Å². The monoisotopic (exact) mass is 298 g/mol. The summed E-state index contributed by atoms with van der Waals surface area (Å²) in [6.45, 7) is 4.37. The lowest BCUT2D eigenvalue weighted by Crippen LogP contribution is -2.57.